The van der Waals surface area contributed by atoms with E-state index < -0.39 is 11.5 Å². The highest BCUT2D eigenvalue weighted by Crippen LogP contribution is 2.22. The zero-order chi connectivity index (χ0) is 14.8. The number of aromatic nitrogens is 1. The topological polar surface area (TPSA) is 83.6 Å². The Morgan fingerprint density at radius 2 is 1.95 bits per heavy atom. The first-order valence-electron chi connectivity index (χ1n) is 6.17. The molecule has 106 valence electrons. The minimum absolute atomic E-state index is 0.351. The molecule has 0 spiro atoms. The van der Waals surface area contributed by atoms with Gasteiger partial charge in [-0.3, -0.25) is 9.59 Å². The Labute approximate surface area is 112 Å². The number of rotatable bonds is 4. The molecule has 0 aromatic carbocycles. The maximum Gasteiger partial charge on any atom is 0.323 e. The van der Waals surface area contributed by atoms with Crippen molar-refractivity contribution in [2.75, 3.05) is 6.54 Å². The normalized spacial score (nSPS) is 11.4. The highest BCUT2D eigenvalue weighted by Gasteiger charge is 2.32. The van der Waals surface area contributed by atoms with Crippen molar-refractivity contribution in [2.24, 2.45) is 0 Å². The Morgan fingerprint density at radius 3 is 2.37 bits per heavy atom. The van der Waals surface area contributed by atoms with Crippen LogP contribution in [0.15, 0.2) is 4.52 Å². The lowest BCUT2D eigenvalue weighted by Gasteiger charge is -2.34. The molecule has 19 heavy (non-hydrogen) atoms. The Hall–Kier alpha value is -1.85. The Morgan fingerprint density at radius 1 is 1.37 bits per heavy atom. The highest BCUT2D eigenvalue weighted by molar-refractivity contribution is 5.98. The Balaban J connectivity index is 3.19. The van der Waals surface area contributed by atoms with Crippen LogP contribution in [0.1, 0.15) is 49.5 Å². The average Bonchev–Trinajstić information content (AvgIpc) is 2.64. The molecule has 0 saturated carbocycles. The van der Waals surface area contributed by atoms with Crippen LogP contribution in [-0.2, 0) is 11.2 Å². The van der Waals surface area contributed by atoms with Crippen molar-refractivity contribution in [3.8, 4) is 0 Å². The molecule has 1 aromatic rings. The molecular weight excluding hydrogens is 248 g/mol. The molecule has 0 unspecified atom stereocenters. The fourth-order valence-electron chi connectivity index (χ4n) is 1.82. The maximum absolute atomic E-state index is 12.6. The predicted octanol–water partition coefficient (Wildman–Crippen LogP) is 1.87. The fraction of sp³-hybridized carbons (Fsp3) is 0.615. The molecule has 1 heterocycles. The van der Waals surface area contributed by atoms with Gasteiger partial charge in [0.25, 0.3) is 5.91 Å². The summed E-state index contributed by atoms with van der Waals surface area (Å²) in [5, 5.41) is 12.8. The number of nitrogens with zero attached hydrogens (tertiary/aromatic N) is 2. The summed E-state index contributed by atoms with van der Waals surface area (Å²) >= 11 is 0. The van der Waals surface area contributed by atoms with Crippen LogP contribution in [0.25, 0.3) is 0 Å². The van der Waals surface area contributed by atoms with Crippen LogP contribution in [0.4, 0.5) is 0 Å². The number of carboxylic acids is 1. The van der Waals surface area contributed by atoms with Gasteiger partial charge in [0.15, 0.2) is 0 Å². The van der Waals surface area contributed by atoms with E-state index in [4.69, 9.17) is 9.63 Å². The number of aliphatic carboxylic acids is 1. The third kappa shape index (κ3) is 3.33. The fourth-order valence-corrected chi connectivity index (χ4v) is 1.82. The number of carbonyl (C=O) groups excluding carboxylic acids is 1. The first-order chi connectivity index (χ1) is 8.68. The van der Waals surface area contributed by atoms with Gasteiger partial charge >= 0.3 is 5.97 Å². The number of amides is 1. The number of carbonyl (C=O) groups is 2. The highest BCUT2D eigenvalue weighted by atomic mass is 16.5. The second-order valence-electron chi connectivity index (χ2n) is 5.37. The summed E-state index contributed by atoms with van der Waals surface area (Å²) in [5.74, 6) is -0.984. The first-order valence-corrected chi connectivity index (χ1v) is 6.17. The maximum atomic E-state index is 12.6. The quantitative estimate of drug-likeness (QED) is 0.901. The second-order valence-corrected chi connectivity index (χ2v) is 5.37. The summed E-state index contributed by atoms with van der Waals surface area (Å²) in [6.45, 7) is 8.55. The van der Waals surface area contributed by atoms with Crippen molar-refractivity contribution in [1.29, 1.82) is 0 Å². The molecule has 0 bridgehead atoms. The molecule has 1 rings (SSSR count). The summed E-state index contributed by atoms with van der Waals surface area (Å²) in [7, 11) is 0. The van der Waals surface area contributed by atoms with Crippen molar-refractivity contribution in [1.82, 2.24) is 10.1 Å². The van der Waals surface area contributed by atoms with Gasteiger partial charge in [-0.1, -0.05) is 12.1 Å². The smallest absolute Gasteiger partial charge is 0.323 e. The van der Waals surface area contributed by atoms with Gasteiger partial charge in [0, 0.05) is 5.54 Å². The molecule has 1 aromatic heterocycles. The number of carboxylic acid groups (broad SMARTS) is 1. The molecular formula is C13H20N2O4. The van der Waals surface area contributed by atoms with E-state index in [1.54, 1.807) is 27.7 Å². The molecule has 0 saturated heterocycles. The van der Waals surface area contributed by atoms with Gasteiger partial charge in [0.05, 0.1) is 5.69 Å². The van der Waals surface area contributed by atoms with E-state index in [2.05, 4.69) is 5.16 Å². The molecule has 0 aliphatic carbocycles. The SMILES string of the molecule is CCc1noc(C)c1C(=O)N(CC(=O)O)C(C)(C)C. The van der Waals surface area contributed by atoms with E-state index in [1.165, 1.54) is 4.90 Å². The van der Waals surface area contributed by atoms with Gasteiger partial charge in [0.2, 0.25) is 0 Å². The largest absolute Gasteiger partial charge is 0.480 e. The van der Waals surface area contributed by atoms with Crippen LogP contribution < -0.4 is 0 Å². The van der Waals surface area contributed by atoms with Crippen molar-refractivity contribution in [3.05, 3.63) is 17.0 Å². The predicted molar refractivity (Wildman–Crippen MR) is 69.0 cm³/mol. The third-order valence-electron chi connectivity index (χ3n) is 2.83. The van der Waals surface area contributed by atoms with Gasteiger partial charge in [-0.25, -0.2) is 0 Å². The Bertz CT molecular complexity index is 485. The molecule has 0 aliphatic rings. The van der Waals surface area contributed by atoms with Crippen LogP contribution in [-0.4, -0.2) is 39.1 Å². The molecule has 0 fully saturated rings. The van der Waals surface area contributed by atoms with Crippen LogP contribution in [0.5, 0.6) is 0 Å². The molecule has 1 amide bonds. The third-order valence-corrected chi connectivity index (χ3v) is 2.83. The molecule has 6 heteroatoms. The molecule has 1 N–H and O–H groups in total. The first kappa shape index (κ1) is 15.2. The van der Waals surface area contributed by atoms with Crippen molar-refractivity contribution < 1.29 is 19.2 Å². The minimum Gasteiger partial charge on any atom is -0.480 e. The summed E-state index contributed by atoms with van der Waals surface area (Å²) in [6, 6.07) is 0. The minimum atomic E-state index is -1.05. The van der Waals surface area contributed by atoms with Crippen molar-refractivity contribution >= 4 is 11.9 Å². The van der Waals surface area contributed by atoms with Crippen LogP contribution in [0.2, 0.25) is 0 Å². The lowest BCUT2D eigenvalue weighted by molar-refractivity contribution is -0.138. The summed E-state index contributed by atoms with van der Waals surface area (Å²) in [5.41, 5.74) is 0.338. The zero-order valence-electron chi connectivity index (χ0n) is 12.0. The van der Waals surface area contributed by atoms with Gasteiger partial charge < -0.3 is 14.5 Å². The number of hydrogen-bond acceptors (Lipinski definition) is 4. The van der Waals surface area contributed by atoms with Crippen molar-refractivity contribution in [3.63, 3.8) is 0 Å². The molecule has 6 nitrogen and oxygen atoms in total. The van der Waals surface area contributed by atoms with Gasteiger partial charge in [0.1, 0.15) is 17.9 Å². The van der Waals surface area contributed by atoms with Gasteiger partial charge in [-0.2, -0.15) is 0 Å². The summed E-state index contributed by atoms with van der Waals surface area (Å²) in [4.78, 5) is 24.8. The van der Waals surface area contributed by atoms with E-state index in [9.17, 15) is 9.59 Å². The van der Waals surface area contributed by atoms with E-state index in [0.29, 0.717) is 23.4 Å². The van der Waals surface area contributed by atoms with Crippen LogP contribution >= 0.6 is 0 Å². The Kier molecular flexibility index (Phi) is 4.34. The lowest BCUT2D eigenvalue weighted by Crippen LogP contribution is -2.48. The van der Waals surface area contributed by atoms with E-state index >= 15 is 0 Å². The number of aryl methyl sites for hydroxylation is 2. The second kappa shape index (κ2) is 5.42. The monoisotopic (exact) mass is 268 g/mol. The number of hydrogen-bond donors (Lipinski definition) is 1. The summed E-state index contributed by atoms with van der Waals surface area (Å²) in [6.07, 6.45) is 0.559. The molecule has 0 radical (unpaired) electrons. The molecule has 0 atom stereocenters. The van der Waals surface area contributed by atoms with E-state index in [1.807, 2.05) is 6.92 Å². The molecule has 0 aliphatic heterocycles. The van der Waals surface area contributed by atoms with Crippen LogP contribution in [0.3, 0.4) is 0 Å². The van der Waals surface area contributed by atoms with Crippen LogP contribution in [0, 0.1) is 6.92 Å². The van der Waals surface area contributed by atoms with Crippen molar-refractivity contribution in [2.45, 2.75) is 46.6 Å². The van der Waals surface area contributed by atoms with Gasteiger partial charge in [-0.05, 0) is 34.1 Å². The average molecular weight is 268 g/mol. The lowest BCUT2D eigenvalue weighted by atomic mass is 10.0. The van der Waals surface area contributed by atoms with E-state index in [-0.39, 0.29) is 12.5 Å². The zero-order valence-corrected chi connectivity index (χ0v) is 12.0. The van der Waals surface area contributed by atoms with Gasteiger partial charge in [-0.15, -0.1) is 0 Å². The standard InChI is InChI=1S/C13H20N2O4/c1-6-9-11(8(2)19-14-9)12(18)15(7-10(16)17)13(3,4)5/h6-7H2,1-5H3,(H,16,17). The summed E-state index contributed by atoms with van der Waals surface area (Å²) < 4.78 is 5.03. The van der Waals surface area contributed by atoms with E-state index in [0.717, 1.165) is 0 Å².